The summed E-state index contributed by atoms with van der Waals surface area (Å²) in [4.78, 5) is 0. The van der Waals surface area contributed by atoms with Crippen LogP contribution in [0.5, 0.6) is 0 Å². The Morgan fingerprint density at radius 3 is 1.78 bits per heavy atom. The fourth-order valence-electron chi connectivity index (χ4n) is 10.0. The summed E-state index contributed by atoms with van der Waals surface area (Å²) in [5, 5.41) is 0. The molecule has 0 nitrogen and oxygen atoms in total. The first kappa shape index (κ1) is 23.1. The van der Waals surface area contributed by atoms with E-state index in [4.69, 9.17) is 0 Å². The molecule has 0 N–H and O–H groups in total. The molecule has 0 aliphatic heterocycles. The molecule has 0 aromatic heterocycles. The molecule has 1 fully saturated rings. The van der Waals surface area contributed by atoms with Gasteiger partial charge in [-0.05, 0) is 131 Å². The van der Waals surface area contributed by atoms with Crippen molar-refractivity contribution in [2.24, 2.45) is 47.3 Å². The Balaban J connectivity index is 1.42. The Morgan fingerprint density at radius 1 is 0.583 bits per heavy atom. The molecule has 0 spiro atoms. The lowest BCUT2D eigenvalue weighted by atomic mass is 9.47. The second-order valence-corrected chi connectivity index (χ2v) is 13.4. The highest BCUT2D eigenvalue weighted by atomic mass is 14.6. The van der Waals surface area contributed by atoms with Crippen molar-refractivity contribution in [3.8, 4) is 0 Å². The molecule has 1 saturated carbocycles. The SMILES string of the molecule is CC1=C=C=C(C2CCC3C4=C2C(C2=CC=C(C)CC2)CCC4C2CCC(C)C4=C2C3CCC4C)C=C1. The minimum atomic E-state index is 0.559. The maximum Gasteiger partial charge on any atom is 0.0137 e. The van der Waals surface area contributed by atoms with Crippen LogP contribution in [0, 0.1) is 47.3 Å². The fraction of sp³-hybridized carbons (Fsp3) is 0.611. The van der Waals surface area contributed by atoms with Crippen LogP contribution in [-0.4, -0.2) is 0 Å². The molecule has 0 bridgehead atoms. The van der Waals surface area contributed by atoms with Crippen LogP contribution in [0.1, 0.15) is 91.9 Å². The summed E-state index contributed by atoms with van der Waals surface area (Å²) >= 11 is 0. The predicted molar refractivity (Wildman–Crippen MR) is 150 cm³/mol. The summed E-state index contributed by atoms with van der Waals surface area (Å²) in [6.07, 6.45) is 23.4. The highest BCUT2D eigenvalue weighted by Gasteiger charge is 2.53. The molecule has 8 atom stereocenters. The van der Waals surface area contributed by atoms with Gasteiger partial charge in [0.15, 0.2) is 0 Å². The highest BCUT2D eigenvalue weighted by molar-refractivity contribution is 5.49. The fourth-order valence-corrected chi connectivity index (χ4v) is 10.0. The topological polar surface area (TPSA) is 0 Å². The zero-order valence-corrected chi connectivity index (χ0v) is 23.0. The van der Waals surface area contributed by atoms with E-state index in [9.17, 15) is 0 Å². The van der Waals surface area contributed by atoms with Gasteiger partial charge in [0, 0.05) is 17.4 Å². The first-order chi connectivity index (χ1) is 17.5. The minimum Gasteiger partial charge on any atom is -0.0730 e. The second kappa shape index (κ2) is 8.79. The number of fused-ring (bicyclic) bond motifs is 2. The zero-order valence-electron chi connectivity index (χ0n) is 23.0. The molecule has 7 rings (SSSR count). The van der Waals surface area contributed by atoms with Crippen LogP contribution in [0.25, 0.3) is 0 Å². The van der Waals surface area contributed by atoms with Crippen LogP contribution in [-0.2, 0) is 0 Å². The van der Waals surface area contributed by atoms with Crippen LogP contribution < -0.4 is 0 Å². The Bertz CT molecular complexity index is 1210. The summed E-state index contributed by atoms with van der Waals surface area (Å²) in [5.74, 6) is 6.21. The third kappa shape index (κ3) is 3.48. The average molecular weight is 477 g/mol. The normalized spacial score (nSPS) is 41.2. The number of allylic oxidation sites excluding steroid dienone is 12. The molecule has 7 aliphatic carbocycles. The molecule has 0 saturated heterocycles. The van der Waals surface area contributed by atoms with Gasteiger partial charge < -0.3 is 0 Å². The van der Waals surface area contributed by atoms with Gasteiger partial charge in [0.1, 0.15) is 0 Å². The Morgan fingerprint density at radius 2 is 1.19 bits per heavy atom. The summed E-state index contributed by atoms with van der Waals surface area (Å²) in [5.41, 5.74) is 20.8. The van der Waals surface area contributed by atoms with E-state index in [1.807, 2.05) is 22.3 Å². The summed E-state index contributed by atoms with van der Waals surface area (Å²) < 4.78 is 0. The number of hydrogen-bond donors (Lipinski definition) is 0. The van der Waals surface area contributed by atoms with Crippen molar-refractivity contribution in [2.75, 3.05) is 0 Å². The van der Waals surface area contributed by atoms with Crippen LogP contribution in [0.2, 0.25) is 0 Å². The summed E-state index contributed by atoms with van der Waals surface area (Å²) in [6.45, 7) is 9.57. The average Bonchev–Trinajstić information content (AvgIpc) is 2.89. The van der Waals surface area contributed by atoms with Crippen molar-refractivity contribution in [1.29, 1.82) is 0 Å². The van der Waals surface area contributed by atoms with Gasteiger partial charge in [-0.2, -0.15) is 0 Å². The molecule has 188 valence electrons. The van der Waals surface area contributed by atoms with Gasteiger partial charge in [0.25, 0.3) is 0 Å². The Hall–Kier alpha value is -2.00. The van der Waals surface area contributed by atoms with Crippen molar-refractivity contribution in [3.63, 3.8) is 0 Å². The van der Waals surface area contributed by atoms with Crippen molar-refractivity contribution in [3.05, 3.63) is 80.4 Å². The maximum absolute atomic E-state index is 3.65. The molecule has 0 heteroatoms. The van der Waals surface area contributed by atoms with Crippen LogP contribution >= 0.6 is 0 Å². The van der Waals surface area contributed by atoms with Gasteiger partial charge in [0.05, 0.1) is 0 Å². The smallest absolute Gasteiger partial charge is 0.0137 e. The van der Waals surface area contributed by atoms with E-state index in [1.165, 1.54) is 75.4 Å². The lowest BCUT2D eigenvalue weighted by molar-refractivity contribution is 0.141. The van der Waals surface area contributed by atoms with Crippen LogP contribution in [0.15, 0.2) is 80.4 Å². The highest BCUT2D eigenvalue weighted by Crippen LogP contribution is 2.65. The molecular formula is C36H44. The van der Waals surface area contributed by atoms with Gasteiger partial charge in [0.2, 0.25) is 0 Å². The van der Waals surface area contributed by atoms with E-state index < -0.39 is 0 Å². The molecule has 0 amide bonds. The number of rotatable bonds is 2. The first-order valence-electron chi connectivity index (χ1n) is 15.3. The first-order valence-corrected chi connectivity index (χ1v) is 15.3. The molecule has 0 heterocycles. The molecule has 7 aliphatic rings. The van der Waals surface area contributed by atoms with E-state index in [0.717, 1.165) is 35.5 Å². The van der Waals surface area contributed by atoms with E-state index in [-0.39, 0.29) is 0 Å². The standard InChI is InChI=1S/C36H44/c1-21-5-11-25(12-6-21)27-17-19-31-29-15-9-23(3)33-24(4)10-16-30(35(29)33)32-20-18-28(34(27)36(31)32)26-13-7-22(2)8-14-26/h5,7,11,13,23-24,27-32H,6,9-10,12,15-20H2,1-4H3. The van der Waals surface area contributed by atoms with Crippen molar-refractivity contribution in [2.45, 2.75) is 91.9 Å². The van der Waals surface area contributed by atoms with E-state index >= 15 is 0 Å². The molecule has 36 heavy (non-hydrogen) atoms. The quantitative estimate of drug-likeness (QED) is 0.275. The van der Waals surface area contributed by atoms with Gasteiger partial charge in [-0.15, -0.1) is 0 Å². The second-order valence-electron chi connectivity index (χ2n) is 13.4. The minimum absolute atomic E-state index is 0.559. The Kier molecular flexibility index (Phi) is 5.65. The lowest BCUT2D eigenvalue weighted by Gasteiger charge is -2.58. The number of hydrogen-bond acceptors (Lipinski definition) is 0. The van der Waals surface area contributed by atoms with Crippen molar-refractivity contribution >= 4 is 0 Å². The van der Waals surface area contributed by atoms with Crippen molar-refractivity contribution in [1.82, 2.24) is 0 Å². The third-order valence-electron chi connectivity index (χ3n) is 11.5. The van der Waals surface area contributed by atoms with Crippen molar-refractivity contribution < 1.29 is 0 Å². The maximum atomic E-state index is 3.65. The van der Waals surface area contributed by atoms with Gasteiger partial charge in [-0.3, -0.25) is 0 Å². The van der Waals surface area contributed by atoms with Gasteiger partial charge in [-0.1, -0.05) is 70.9 Å². The van der Waals surface area contributed by atoms with Crippen LogP contribution in [0.4, 0.5) is 0 Å². The summed E-state index contributed by atoms with van der Waals surface area (Å²) in [7, 11) is 0. The summed E-state index contributed by atoms with van der Waals surface area (Å²) in [6, 6.07) is 0. The molecule has 8 unspecified atom stereocenters. The van der Waals surface area contributed by atoms with E-state index in [0.29, 0.717) is 11.8 Å². The lowest BCUT2D eigenvalue weighted by Crippen LogP contribution is -2.47. The molecule has 0 radical (unpaired) electrons. The van der Waals surface area contributed by atoms with E-state index in [1.54, 1.807) is 11.1 Å². The zero-order chi connectivity index (χ0) is 24.6. The predicted octanol–water partition coefficient (Wildman–Crippen LogP) is 9.60. The molecule has 0 aromatic carbocycles. The Labute approximate surface area is 219 Å². The third-order valence-corrected chi connectivity index (χ3v) is 11.5. The molecular weight excluding hydrogens is 432 g/mol. The van der Waals surface area contributed by atoms with E-state index in [2.05, 4.69) is 63.5 Å². The largest absolute Gasteiger partial charge is 0.0730 e. The molecule has 0 aromatic rings. The van der Waals surface area contributed by atoms with Crippen LogP contribution in [0.3, 0.4) is 0 Å². The monoisotopic (exact) mass is 476 g/mol. The van der Waals surface area contributed by atoms with Gasteiger partial charge >= 0.3 is 0 Å². The van der Waals surface area contributed by atoms with Gasteiger partial charge in [-0.25, -0.2) is 0 Å².